The van der Waals surface area contributed by atoms with E-state index in [9.17, 15) is 14.0 Å². The van der Waals surface area contributed by atoms with Crippen LogP contribution in [0.25, 0.3) is 22.0 Å². The summed E-state index contributed by atoms with van der Waals surface area (Å²) in [6.45, 7) is 4.63. The number of benzene rings is 2. The third-order valence-electron chi connectivity index (χ3n) is 7.62. The van der Waals surface area contributed by atoms with E-state index in [2.05, 4.69) is 4.98 Å². The summed E-state index contributed by atoms with van der Waals surface area (Å²) in [6, 6.07) is 7.82. The van der Waals surface area contributed by atoms with Crippen molar-refractivity contribution >= 4 is 40.1 Å². The standard InChI is InChI=1S/C28H29ClF2N4O3/c1-2-3-13-38-27(37)35-15-28(16-35)9-11-34(12-10-28)26(36)19-14-33-25(23(31)24(19)32)18-6-4-5-17-7-8-20(30)22(29)21(17)18/h4-8,14H,2-3,9-13,15-16H2,1H3,(H2,32,33). The van der Waals surface area contributed by atoms with Gasteiger partial charge in [-0.15, -0.1) is 0 Å². The first kappa shape index (κ1) is 26.2. The lowest BCUT2D eigenvalue weighted by atomic mass is 9.72. The van der Waals surface area contributed by atoms with Crippen LogP contribution in [0.15, 0.2) is 36.5 Å². The van der Waals surface area contributed by atoms with Crippen molar-refractivity contribution in [1.82, 2.24) is 14.8 Å². The molecule has 3 aromatic rings. The van der Waals surface area contributed by atoms with Gasteiger partial charge in [-0.05, 0) is 30.7 Å². The molecule has 3 heterocycles. The molecule has 38 heavy (non-hydrogen) atoms. The molecule has 2 fully saturated rings. The minimum atomic E-state index is -0.853. The maximum Gasteiger partial charge on any atom is 0.409 e. The van der Waals surface area contributed by atoms with Gasteiger partial charge in [-0.25, -0.2) is 13.6 Å². The number of halogens is 3. The van der Waals surface area contributed by atoms with E-state index < -0.39 is 17.5 Å². The van der Waals surface area contributed by atoms with Crippen molar-refractivity contribution in [2.75, 3.05) is 38.5 Å². The number of nitrogens with two attached hydrogens (primary N) is 1. The molecule has 1 spiro atoms. The molecule has 2 saturated heterocycles. The minimum Gasteiger partial charge on any atom is -0.449 e. The van der Waals surface area contributed by atoms with Crippen LogP contribution in [0.3, 0.4) is 0 Å². The van der Waals surface area contributed by atoms with Crippen molar-refractivity contribution in [3.63, 3.8) is 0 Å². The summed E-state index contributed by atoms with van der Waals surface area (Å²) in [5.74, 6) is -1.88. The number of nitrogen functional groups attached to an aromatic ring is 1. The Morgan fingerprint density at radius 2 is 1.87 bits per heavy atom. The highest BCUT2D eigenvalue weighted by Crippen LogP contribution is 2.41. The first-order valence-electron chi connectivity index (χ1n) is 12.8. The summed E-state index contributed by atoms with van der Waals surface area (Å²) >= 11 is 6.20. The van der Waals surface area contributed by atoms with Crippen LogP contribution in [0.1, 0.15) is 43.0 Å². The third kappa shape index (κ3) is 4.64. The van der Waals surface area contributed by atoms with Gasteiger partial charge < -0.3 is 20.3 Å². The molecule has 0 bridgehead atoms. The topological polar surface area (TPSA) is 88.8 Å². The Morgan fingerprint density at radius 1 is 1.13 bits per heavy atom. The van der Waals surface area contributed by atoms with Gasteiger partial charge >= 0.3 is 6.09 Å². The Hall–Kier alpha value is -3.46. The van der Waals surface area contributed by atoms with Crippen LogP contribution in [-0.4, -0.2) is 59.6 Å². The maximum atomic E-state index is 15.5. The van der Waals surface area contributed by atoms with Crippen LogP contribution in [-0.2, 0) is 4.74 Å². The van der Waals surface area contributed by atoms with Crippen molar-refractivity contribution in [1.29, 1.82) is 0 Å². The molecule has 2 N–H and O–H groups in total. The number of fused-ring (bicyclic) bond motifs is 1. The van der Waals surface area contributed by atoms with Crippen LogP contribution >= 0.6 is 11.6 Å². The summed E-state index contributed by atoms with van der Waals surface area (Å²) in [4.78, 5) is 33.0. The van der Waals surface area contributed by atoms with Crippen LogP contribution in [0.5, 0.6) is 0 Å². The van der Waals surface area contributed by atoms with Crippen LogP contribution in [0.2, 0.25) is 5.02 Å². The number of anilines is 1. The molecular weight excluding hydrogens is 514 g/mol. The molecule has 2 aliphatic rings. The smallest absolute Gasteiger partial charge is 0.409 e. The molecule has 2 aliphatic heterocycles. The largest absolute Gasteiger partial charge is 0.449 e. The minimum absolute atomic E-state index is 0.0190. The van der Waals surface area contributed by atoms with E-state index in [4.69, 9.17) is 22.1 Å². The fraction of sp³-hybridized carbons (Fsp3) is 0.393. The van der Waals surface area contributed by atoms with E-state index in [1.807, 2.05) is 6.92 Å². The average molecular weight is 543 g/mol. The Labute approximate surface area is 224 Å². The second-order valence-electron chi connectivity index (χ2n) is 10.1. The van der Waals surface area contributed by atoms with E-state index in [0.717, 1.165) is 25.7 Å². The van der Waals surface area contributed by atoms with E-state index in [0.29, 0.717) is 43.6 Å². The predicted molar refractivity (Wildman–Crippen MR) is 142 cm³/mol. The molecule has 2 amide bonds. The first-order chi connectivity index (χ1) is 18.2. The molecule has 10 heteroatoms. The summed E-state index contributed by atoms with van der Waals surface area (Å²) in [6.07, 6.45) is 4.24. The van der Waals surface area contributed by atoms with Crippen molar-refractivity contribution in [2.45, 2.75) is 32.6 Å². The predicted octanol–water partition coefficient (Wildman–Crippen LogP) is 5.89. The number of amides is 2. The van der Waals surface area contributed by atoms with Gasteiger partial charge in [0.15, 0.2) is 5.82 Å². The van der Waals surface area contributed by atoms with Crippen molar-refractivity contribution < 1.29 is 23.1 Å². The van der Waals surface area contributed by atoms with Gasteiger partial charge in [-0.2, -0.15) is 0 Å². The summed E-state index contributed by atoms with van der Waals surface area (Å²) < 4.78 is 34.9. The number of piperidine rings is 1. The number of carbonyl (C=O) groups is 2. The number of unbranched alkanes of at least 4 members (excludes halogenated alkanes) is 1. The molecule has 0 radical (unpaired) electrons. The lowest BCUT2D eigenvalue weighted by Gasteiger charge is -2.53. The number of nitrogens with zero attached hydrogens (tertiary/aromatic N) is 3. The highest BCUT2D eigenvalue weighted by molar-refractivity contribution is 6.36. The van der Waals surface area contributed by atoms with Gasteiger partial charge in [0.2, 0.25) is 0 Å². The Bertz CT molecular complexity index is 1400. The van der Waals surface area contributed by atoms with Crippen molar-refractivity contribution in [3.05, 3.63) is 58.7 Å². The highest BCUT2D eigenvalue weighted by Gasteiger charge is 2.48. The zero-order valence-electron chi connectivity index (χ0n) is 21.1. The second-order valence-corrected chi connectivity index (χ2v) is 10.5. The molecule has 0 saturated carbocycles. The monoisotopic (exact) mass is 542 g/mol. The second kappa shape index (κ2) is 10.4. The molecular formula is C28H29ClF2N4O3. The van der Waals surface area contributed by atoms with Crippen LogP contribution in [0, 0.1) is 17.0 Å². The van der Waals surface area contributed by atoms with Gasteiger partial charge in [0.25, 0.3) is 5.91 Å². The normalized spacial score (nSPS) is 16.5. The fourth-order valence-corrected chi connectivity index (χ4v) is 5.60. The molecule has 7 nitrogen and oxygen atoms in total. The van der Waals surface area contributed by atoms with E-state index >= 15 is 4.39 Å². The average Bonchev–Trinajstić information content (AvgIpc) is 2.90. The molecule has 0 atom stereocenters. The van der Waals surface area contributed by atoms with Gasteiger partial charge in [-0.1, -0.05) is 49.2 Å². The Morgan fingerprint density at radius 3 is 2.58 bits per heavy atom. The van der Waals surface area contributed by atoms with Crippen molar-refractivity contribution in [2.24, 2.45) is 5.41 Å². The number of likely N-dealkylation sites (tertiary alicyclic amines) is 2. The maximum absolute atomic E-state index is 15.5. The third-order valence-corrected chi connectivity index (χ3v) is 7.99. The SMILES string of the molecule is CCCCOC(=O)N1CC2(CCN(C(=O)c3cnc(-c4cccc5ccc(F)c(Cl)c45)c(F)c3N)CC2)C1. The lowest BCUT2D eigenvalue weighted by Crippen LogP contribution is -2.62. The number of hydrogen-bond donors (Lipinski definition) is 1. The first-order valence-corrected chi connectivity index (χ1v) is 13.1. The molecule has 5 rings (SSSR count). The molecule has 0 aliphatic carbocycles. The highest BCUT2D eigenvalue weighted by atomic mass is 35.5. The number of carbonyl (C=O) groups excluding carboxylic acids is 2. The van der Waals surface area contributed by atoms with Crippen molar-refractivity contribution in [3.8, 4) is 11.3 Å². The number of pyridine rings is 1. The fourth-order valence-electron chi connectivity index (χ4n) is 5.32. The number of rotatable bonds is 5. The number of aromatic nitrogens is 1. The van der Waals surface area contributed by atoms with Gasteiger partial charge in [0.05, 0.1) is 22.9 Å². The van der Waals surface area contributed by atoms with E-state index in [1.165, 1.54) is 12.3 Å². The Kier molecular flexibility index (Phi) is 7.13. The molecule has 2 aromatic carbocycles. The lowest BCUT2D eigenvalue weighted by molar-refractivity contribution is -0.0379. The van der Waals surface area contributed by atoms with E-state index in [1.54, 1.807) is 34.1 Å². The summed E-state index contributed by atoms with van der Waals surface area (Å²) in [5, 5.41) is 0.813. The van der Waals surface area contributed by atoms with Gasteiger partial charge in [-0.3, -0.25) is 9.78 Å². The molecule has 1 aromatic heterocycles. The van der Waals surface area contributed by atoms with E-state index in [-0.39, 0.29) is 39.0 Å². The molecule has 200 valence electrons. The van der Waals surface area contributed by atoms with Crippen LogP contribution < -0.4 is 5.73 Å². The number of hydrogen-bond acceptors (Lipinski definition) is 5. The molecule has 0 unspecified atom stereocenters. The zero-order chi connectivity index (χ0) is 27.0. The zero-order valence-corrected chi connectivity index (χ0v) is 21.9. The number of ether oxygens (including phenoxy) is 1. The van der Waals surface area contributed by atoms with Crippen LogP contribution in [0.4, 0.5) is 19.3 Å². The Balaban J connectivity index is 1.29. The van der Waals surface area contributed by atoms with Gasteiger partial charge in [0.1, 0.15) is 11.5 Å². The quantitative estimate of drug-likeness (QED) is 0.406. The van der Waals surface area contributed by atoms with Gasteiger partial charge in [0, 0.05) is 48.7 Å². The summed E-state index contributed by atoms with van der Waals surface area (Å²) in [5.41, 5.74) is 5.94. The summed E-state index contributed by atoms with van der Waals surface area (Å²) in [7, 11) is 0.